The van der Waals surface area contributed by atoms with Crippen molar-refractivity contribution in [3.63, 3.8) is 0 Å². The highest BCUT2D eigenvalue weighted by atomic mass is 14.5. The number of hydrogen-bond donors (Lipinski definition) is 0. The van der Waals surface area contributed by atoms with Gasteiger partial charge in [-0.2, -0.15) is 0 Å². The Morgan fingerprint density at radius 3 is 1.33 bits per heavy atom. The van der Waals surface area contributed by atoms with Gasteiger partial charge >= 0.3 is 0 Å². The molecular formula is C12H25. The summed E-state index contributed by atoms with van der Waals surface area (Å²) in [6, 6.07) is 0. The van der Waals surface area contributed by atoms with Crippen LogP contribution in [0.15, 0.2) is 0 Å². The summed E-state index contributed by atoms with van der Waals surface area (Å²) < 4.78 is 0. The van der Waals surface area contributed by atoms with Gasteiger partial charge in [-0.1, -0.05) is 55.4 Å². The first-order valence-electron chi connectivity index (χ1n) is 4.94. The summed E-state index contributed by atoms with van der Waals surface area (Å²) in [4.78, 5) is 0. The highest BCUT2D eigenvalue weighted by Crippen LogP contribution is 2.49. The molecule has 0 aromatic carbocycles. The topological polar surface area (TPSA) is 0 Å². The van der Waals surface area contributed by atoms with Crippen molar-refractivity contribution in [1.29, 1.82) is 0 Å². The molecule has 0 aliphatic rings. The minimum absolute atomic E-state index is 0.334. The van der Waals surface area contributed by atoms with Gasteiger partial charge in [-0.05, 0) is 22.7 Å². The molecule has 0 rings (SSSR count). The van der Waals surface area contributed by atoms with Crippen molar-refractivity contribution in [1.82, 2.24) is 0 Å². The Morgan fingerprint density at radius 2 is 1.25 bits per heavy atom. The molecule has 0 heteroatoms. The Labute approximate surface area is 78.8 Å². The molecule has 0 amide bonds. The predicted octanol–water partition coefficient (Wildman–Crippen LogP) is 4.31. The summed E-state index contributed by atoms with van der Waals surface area (Å²) in [6.07, 6.45) is 0. The first-order chi connectivity index (χ1) is 5.14. The molecular weight excluding hydrogens is 144 g/mol. The van der Waals surface area contributed by atoms with E-state index in [2.05, 4.69) is 55.4 Å². The molecule has 0 aliphatic heterocycles. The summed E-state index contributed by atoms with van der Waals surface area (Å²) in [5.74, 6) is 2.25. The molecule has 0 N–H and O–H groups in total. The van der Waals surface area contributed by atoms with Gasteiger partial charge in [0, 0.05) is 0 Å². The standard InChI is InChI=1S/C12H25/c1-9(2)11(5,6)12(7,8)10(3)4/h9H,1-8H3. The van der Waals surface area contributed by atoms with Crippen LogP contribution in [0.1, 0.15) is 55.4 Å². The maximum Gasteiger partial charge on any atom is -0.0241 e. The second-order valence-corrected chi connectivity index (χ2v) is 5.50. The van der Waals surface area contributed by atoms with Gasteiger partial charge in [-0.25, -0.2) is 0 Å². The van der Waals surface area contributed by atoms with E-state index in [4.69, 9.17) is 0 Å². The van der Waals surface area contributed by atoms with E-state index in [1.165, 1.54) is 5.92 Å². The second kappa shape index (κ2) is 3.40. The van der Waals surface area contributed by atoms with Crippen LogP contribution >= 0.6 is 0 Å². The van der Waals surface area contributed by atoms with Crippen LogP contribution in [0.2, 0.25) is 0 Å². The third-order valence-corrected chi connectivity index (χ3v) is 4.30. The minimum Gasteiger partial charge on any atom is -0.0622 e. The zero-order valence-corrected chi connectivity index (χ0v) is 10.1. The lowest BCUT2D eigenvalue weighted by molar-refractivity contribution is 0.0700. The van der Waals surface area contributed by atoms with Crippen LogP contribution in [-0.2, 0) is 0 Å². The number of rotatable bonds is 3. The smallest absolute Gasteiger partial charge is 0.0241 e. The Bertz CT molecular complexity index is 120. The van der Waals surface area contributed by atoms with Gasteiger partial charge in [-0.3, -0.25) is 0 Å². The average Bonchev–Trinajstić information content (AvgIpc) is 1.86. The molecule has 0 spiro atoms. The molecule has 0 saturated carbocycles. The fraction of sp³-hybridized carbons (Fsp3) is 0.917. The van der Waals surface area contributed by atoms with Crippen LogP contribution < -0.4 is 0 Å². The molecule has 0 nitrogen and oxygen atoms in total. The summed E-state index contributed by atoms with van der Waals surface area (Å²) in [7, 11) is 0. The van der Waals surface area contributed by atoms with Crippen molar-refractivity contribution in [3.05, 3.63) is 5.92 Å². The van der Waals surface area contributed by atoms with Gasteiger partial charge in [-0.15, -0.1) is 0 Å². The van der Waals surface area contributed by atoms with E-state index in [1.54, 1.807) is 0 Å². The Morgan fingerprint density at radius 1 is 0.917 bits per heavy atom. The molecule has 0 unspecified atom stereocenters. The molecule has 73 valence electrons. The van der Waals surface area contributed by atoms with Gasteiger partial charge in [0.25, 0.3) is 0 Å². The Hall–Kier alpha value is 0. The highest BCUT2D eigenvalue weighted by Gasteiger charge is 2.41. The summed E-state index contributed by atoms with van der Waals surface area (Å²) in [5.41, 5.74) is 0.715. The highest BCUT2D eigenvalue weighted by molar-refractivity contribution is 5.04. The lowest BCUT2D eigenvalue weighted by Crippen LogP contribution is -2.39. The lowest BCUT2D eigenvalue weighted by Gasteiger charge is -2.47. The summed E-state index contributed by atoms with van der Waals surface area (Å²) in [5, 5.41) is 0. The molecule has 0 bridgehead atoms. The Kier molecular flexibility index (Phi) is 3.40. The zero-order valence-electron chi connectivity index (χ0n) is 10.1. The van der Waals surface area contributed by atoms with Crippen molar-refractivity contribution in [2.24, 2.45) is 16.7 Å². The van der Waals surface area contributed by atoms with Gasteiger partial charge in [0.05, 0.1) is 0 Å². The quantitative estimate of drug-likeness (QED) is 0.590. The molecule has 0 saturated heterocycles. The third kappa shape index (κ3) is 1.84. The van der Waals surface area contributed by atoms with Crippen molar-refractivity contribution in [3.8, 4) is 0 Å². The van der Waals surface area contributed by atoms with E-state index < -0.39 is 0 Å². The van der Waals surface area contributed by atoms with Gasteiger partial charge in [0.15, 0.2) is 0 Å². The van der Waals surface area contributed by atoms with Crippen LogP contribution in [0.5, 0.6) is 0 Å². The molecule has 0 aromatic heterocycles. The molecule has 12 heavy (non-hydrogen) atoms. The third-order valence-electron chi connectivity index (χ3n) is 4.30. The number of hydrogen-bond acceptors (Lipinski definition) is 0. The maximum atomic E-state index is 2.37. The first-order valence-corrected chi connectivity index (χ1v) is 4.94. The molecule has 0 fully saturated rings. The van der Waals surface area contributed by atoms with E-state index in [0.29, 0.717) is 10.8 Å². The summed E-state index contributed by atoms with van der Waals surface area (Å²) in [6.45, 7) is 18.5. The summed E-state index contributed by atoms with van der Waals surface area (Å²) >= 11 is 0. The fourth-order valence-electron chi connectivity index (χ4n) is 1.37. The van der Waals surface area contributed by atoms with Gasteiger partial charge in [0.1, 0.15) is 0 Å². The lowest BCUT2D eigenvalue weighted by atomic mass is 9.57. The van der Waals surface area contributed by atoms with Crippen molar-refractivity contribution < 1.29 is 0 Å². The van der Waals surface area contributed by atoms with E-state index in [1.807, 2.05) is 0 Å². The van der Waals surface area contributed by atoms with Crippen LogP contribution in [-0.4, -0.2) is 0 Å². The maximum absolute atomic E-state index is 2.37. The van der Waals surface area contributed by atoms with Crippen LogP contribution in [0.4, 0.5) is 0 Å². The zero-order chi connectivity index (χ0) is 10.2. The molecule has 0 heterocycles. The van der Waals surface area contributed by atoms with Crippen molar-refractivity contribution >= 4 is 0 Å². The molecule has 1 radical (unpaired) electrons. The second-order valence-electron chi connectivity index (χ2n) is 5.50. The molecule has 0 aliphatic carbocycles. The normalized spacial score (nSPS) is 14.5. The SMILES string of the molecule is C[C](C)C(C)(C)C(C)(C)C(C)C. The van der Waals surface area contributed by atoms with E-state index in [-0.39, 0.29) is 0 Å². The van der Waals surface area contributed by atoms with E-state index >= 15 is 0 Å². The van der Waals surface area contributed by atoms with Gasteiger partial charge < -0.3 is 0 Å². The van der Waals surface area contributed by atoms with E-state index in [9.17, 15) is 0 Å². The first kappa shape index (κ1) is 12.0. The molecule has 0 atom stereocenters. The van der Waals surface area contributed by atoms with Crippen molar-refractivity contribution in [2.45, 2.75) is 55.4 Å². The van der Waals surface area contributed by atoms with Crippen molar-refractivity contribution in [2.75, 3.05) is 0 Å². The fourth-order valence-corrected chi connectivity index (χ4v) is 1.37. The largest absolute Gasteiger partial charge is 0.0622 e. The average molecular weight is 169 g/mol. The monoisotopic (exact) mass is 169 g/mol. The van der Waals surface area contributed by atoms with Crippen LogP contribution in [0.3, 0.4) is 0 Å². The molecule has 0 aromatic rings. The Balaban J connectivity index is 4.75. The van der Waals surface area contributed by atoms with Crippen LogP contribution in [0, 0.1) is 22.7 Å². The predicted molar refractivity (Wildman–Crippen MR) is 57.0 cm³/mol. The minimum atomic E-state index is 0.334. The van der Waals surface area contributed by atoms with Crippen LogP contribution in [0.25, 0.3) is 0 Å². The van der Waals surface area contributed by atoms with E-state index in [0.717, 1.165) is 5.92 Å². The van der Waals surface area contributed by atoms with Gasteiger partial charge in [0.2, 0.25) is 0 Å².